The molecule has 236 valence electrons. The van der Waals surface area contributed by atoms with E-state index < -0.39 is 22.1 Å². The van der Waals surface area contributed by atoms with Crippen LogP contribution in [0.1, 0.15) is 36.4 Å². The maximum absolute atomic E-state index is 13.7. The van der Waals surface area contributed by atoms with Gasteiger partial charge in [0.1, 0.15) is 11.8 Å². The zero-order chi connectivity index (χ0) is 31.9. The van der Waals surface area contributed by atoms with Gasteiger partial charge in [-0.1, -0.05) is 29.8 Å². The molecule has 3 heterocycles. The molecule has 2 saturated heterocycles. The quantitative estimate of drug-likeness (QED) is 0.202. The number of piperidine rings is 1. The SMILES string of the molecule is COc1ccc(CN2C(=O)CCC(n3c(=O)n(C)c4cc(N5CC[C@H](COS(=O)(=O)c6ccc(C)cc6)C5)ccc43)C2=O)cc1. The van der Waals surface area contributed by atoms with E-state index in [1.165, 1.54) is 14.0 Å². The molecule has 0 radical (unpaired) electrons. The Balaban J connectivity index is 1.18. The van der Waals surface area contributed by atoms with Gasteiger partial charge in [-0.05, 0) is 67.8 Å². The number of ether oxygens (including phenoxy) is 1. The van der Waals surface area contributed by atoms with Gasteiger partial charge < -0.3 is 9.64 Å². The van der Waals surface area contributed by atoms with Gasteiger partial charge in [-0.15, -0.1) is 0 Å². The van der Waals surface area contributed by atoms with Crippen LogP contribution in [0.2, 0.25) is 0 Å². The summed E-state index contributed by atoms with van der Waals surface area (Å²) in [6.07, 6.45) is 1.16. The first-order valence-corrected chi connectivity index (χ1v) is 16.4. The molecule has 2 aliphatic heterocycles. The van der Waals surface area contributed by atoms with Crippen molar-refractivity contribution in [2.45, 2.75) is 43.7 Å². The number of carbonyl (C=O) groups excluding carboxylic acids is 2. The standard InChI is InChI=1S/C33H36N4O7S/c1-22-4-11-27(12-5-22)45(41,42)44-21-24-16-17-35(19-24)25-8-13-28-30(18-25)34(2)33(40)37(28)29-14-15-31(38)36(32(29)39)20-23-6-9-26(43-3)10-7-23/h4-13,18,24,29H,14-17,19-21H2,1-3H3/t24-,29?/m0/s1. The van der Waals surface area contributed by atoms with Crippen molar-refractivity contribution >= 4 is 38.7 Å². The van der Waals surface area contributed by atoms with Crippen LogP contribution in [0, 0.1) is 12.8 Å². The number of hydrogen-bond donors (Lipinski definition) is 0. The lowest BCUT2D eigenvalue weighted by molar-refractivity contribution is -0.151. The number of nitrogens with zero attached hydrogens (tertiary/aromatic N) is 4. The van der Waals surface area contributed by atoms with Crippen LogP contribution in [-0.4, -0.2) is 61.1 Å². The fraction of sp³-hybridized carbons (Fsp3) is 0.364. The molecule has 0 aliphatic carbocycles. The lowest BCUT2D eigenvalue weighted by Crippen LogP contribution is -2.47. The zero-order valence-electron chi connectivity index (χ0n) is 25.5. The van der Waals surface area contributed by atoms with Crippen molar-refractivity contribution in [1.29, 1.82) is 0 Å². The number of imide groups is 1. The molecule has 2 fully saturated rings. The molecule has 11 nitrogen and oxygen atoms in total. The van der Waals surface area contributed by atoms with Crippen LogP contribution in [0.25, 0.3) is 11.0 Å². The van der Waals surface area contributed by atoms with Gasteiger partial charge in [0.25, 0.3) is 16.0 Å². The molecule has 3 aromatic carbocycles. The highest BCUT2D eigenvalue weighted by Gasteiger charge is 2.37. The van der Waals surface area contributed by atoms with Gasteiger partial charge >= 0.3 is 5.69 Å². The smallest absolute Gasteiger partial charge is 0.329 e. The Morgan fingerprint density at radius 3 is 2.36 bits per heavy atom. The first-order chi connectivity index (χ1) is 21.6. The summed E-state index contributed by atoms with van der Waals surface area (Å²) in [6, 6.07) is 18.6. The van der Waals surface area contributed by atoms with Crippen LogP contribution in [0.5, 0.6) is 5.75 Å². The van der Waals surface area contributed by atoms with E-state index in [9.17, 15) is 22.8 Å². The van der Waals surface area contributed by atoms with Crippen LogP contribution in [0.4, 0.5) is 5.69 Å². The second-order valence-corrected chi connectivity index (χ2v) is 13.4. The van der Waals surface area contributed by atoms with Crippen molar-refractivity contribution in [2.75, 3.05) is 31.7 Å². The maximum atomic E-state index is 13.7. The third-order valence-electron chi connectivity index (χ3n) is 8.79. The Kier molecular flexibility index (Phi) is 8.27. The minimum Gasteiger partial charge on any atom is -0.497 e. The molecule has 45 heavy (non-hydrogen) atoms. The second-order valence-electron chi connectivity index (χ2n) is 11.8. The number of likely N-dealkylation sites (tertiary alicyclic amines) is 1. The average Bonchev–Trinajstić information content (AvgIpc) is 3.61. The van der Waals surface area contributed by atoms with Gasteiger partial charge in [-0.2, -0.15) is 8.42 Å². The Bertz CT molecular complexity index is 1910. The first-order valence-electron chi connectivity index (χ1n) is 14.9. The number of rotatable bonds is 9. The molecule has 0 N–H and O–H groups in total. The van der Waals surface area contributed by atoms with E-state index in [0.717, 1.165) is 23.2 Å². The molecule has 4 aromatic rings. The van der Waals surface area contributed by atoms with E-state index in [4.69, 9.17) is 8.92 Å². The Labute approximate surface area is 261 Å². The fourth-order valence-corrected chi connectivity index (χ4v) is 7.13. The summed E-state index contributed by atoms with van der Waals surface area (Å²) in [5.41, 5.74) is 3.61. The highest BCUT2D eigenvalue weighted by Crippen LogP contribution is 2.31. The maximum Gasteiger partial charge on any atom is 0.329 e. The molecule has 12 heteroatoms. The number of imidazole rings is 1. The molecule has 6 rings (SSSR count). The fourth-order valence-electron chi connectivity index (χ4n) is 6.15. The summed E-state index contributed by atoms with van der Waals surface area (Å²) in [4.78, 5) is 43.5. The average molecular weight is 633 g/mol. The third kappa shape index (κ3) is 5.99. The number of fused-ring (bicyclic) bond motifs is 1. The summed E-state index contributed by atoms with van der Waals surface area (Å²) >= 11 is 0. The molecule has 1 aromatic heterocycles. The van der Waals surface area contributed by atoms with Crippen LogP contribution in [0.15, 0.2) is 76.4 Å². The number of aromatic nitrogens is 2. The summed E-state index contributed by atoms with van der Waals surface area (Å²) < 4.78 is 39.0. The molecular weight excluding hydrogens is 596 g/mol. The van der Waals surface area contributed by atoms with E-state index >= 15 is 0 Å². The van der Waals surface area contributed by atoms with Crippen LogP contribution in [-0.2, 0) is 37.5 Å². The lowest BCUT2D eigenvalue weighted by atomic mass is 10.0. The monoisotopic (exact) mass is 632 g/mol. The number of benzene rings is 3. The van der Waals surface area contributed by atoms with Gasteiger partial charge in [0.2, 0.25) is 5.91 Å². The molecule has 1 unspecified atom stereocenters. The summed E-state index contributed by atoms with van der Waals surface area (Å²) in [6.45, 7) is 3.41. The predicted molar refractivity (Wildman–Crippen MR) is 169 cm³/mol. The van der Waals surface area contributed by atoms with Gasteiger partial charge in [0.15, 0.2) is 0 Å². The number of anilines is 1. The highest BCUT2D eigenvalue weighted by atomic mass is 32.2. The van der Waals surface area contributed by atoms with E-state index in [1.807, 2.05) is 37.3 Å². The molecule has 2 aliphatic rings. The van der Waals surface area contributed by atoms with Crippen molar-refractivity contribution in [3.63, 3.8) is 0 Å². The summed E-state index contributed by atoms with van der Waals surface area (Å²) in [7, 11) is -0.596. The van der Waals surface area contributed by atoms with Gasteiger partial charge in [0.05, 0.1) is 36.2 Å². The van der Waals surface area contributed by atoms with Crippen molar-refractivity contribution in [3.8, 4) is 5.75 Å². The Hall–Kier alpha value is -4.42. The van der Waals surface area contributed by atoms with Crippen molar-refractivity contribution in [2.24, 2.45) is 13.0 Å². The minimum atomic E-state index is -3.84. The van der Waals surface area contributed by atoms with Crippen LogP contribution >= 0.6 is 0 Å². The molecule has 0 bridgehead atoms. The van der Waals surface area contributed by atoms with Crippen LogP contribution < -0.4 is 15.3 Å². The number of methoxy groups -OCH3 is 1. The van der Waals surface area contributed by atoms with E-state index in [-0.39, 0.29) is 48.4 Å². The van der Waals surface area contributed by atoms with Gasteiger partial charge in [-0.3, -0.25) is 27.8 Å². The molecule has 2 amide bonds. The van der Waals surface area contributed by atoms with Crippen molar-refractivity contribution in [3.05, 3.63) is 88.3 Å². The van der Waals surface area contributed by atoms with Crippen molar-refractivity contribution < 1.29 is 26.9 Å². The summed E-state index contributed by atoms with van der Waals surface area (Å²) in [5.74, 6) is 0.0347. The number of carbonyl (C=O) groups is 2. The lowest BCUT2D eigenvalue weighted by Gasteiger charge is -2.31. The van der Waals surface area contributed by atoms with E-state index in [0.29, 0.717) is 29.9 Å². The van der Waals surface area contributed by atoms with Crippen molar-refractivity contribution in [1.82, 2.24) is 14.0 Å². The van der Waals surface area contributed by atoms with E-state index in [2.05, 4.69) is 4.90 Å². The Morgan fingerprint density at radius 1 is 0.911 bits per heavy atom. The minimum absolute atomic E-state index is 0.0171. The molecule has 0 spiro atoms. The number of amides is 2. The third-order valence-corrected chi connectivity index (χ3v) is 10.1. The Morgan fingerprint density at radius 2 is 1.64 bits per heavy atom. The van der Waals surface area contributed by atoms with Gasteiger partial charge in [0, 0.05) is 38.2 Å². The molecule has 0 saturated carbocycles. The topological polar surface area (TPSA) is 120 Å². The highest BCUT2D eigenvalue weighted by molar-refractivity contribution is 7.86. The summed E-state index contributed by atoms with van der Waals surface area (Å²) in [5, 5.41) is 0. The largest absolute Gasteiger partial charge is 0.497 e. The normalized spacial score (nSPS) is 19.1. The predicted octanol–water partition coefficient (Wildman–Crippen LogP) is 3.78. The van der Waals surface area contributed by atoms with Gasteiger partial charge in [-0.25, -0.2) is 4.79 Å². The number of aryl methyl sites for hydroxylation is 2. The van der Waals surface area contributed by atoms with E-state index in [1.54, 1.807) is 50.6 Å². The number of hydrogen-bond acceptors (Lipinski definition) is 8. The second kappa shape index (κ2) is 12.2. The molecule has 2 atom stereocenters. The zero-order valence-corrected chi connectivity index (χ0v) is 26.3. The first kappa shape index (κ1) is 30.6. The van der Waals surface area contributed by atoms with Crippen LogP contribution in [0.3, 0.4) is 0 Å². The molecular formula is C33H36N4O7S.